The number of nitrogens with one attached hydrogen (secondary N) is 1. The van der Waals surface area contributed by atoms with Crippen LogP contribution in [0.25, 0.3) is 0 Å². The Morgan fingerprint density at radius 3 is 2.40 bits per heavy atom. The average Bonchev–Trinajstić information content (AvgIpc) is 2.48. The lowest BCUT2D eigenvalue weighted by molar-refractivity contribution is 1.06. The molecule has 0 spiro atoms. The smallest absolute Gasteiger partial charge is 0.193 e. The fourth-order valence-electron chi connectivity index (χ4n) is 1.69. The third kappa shape index (κ3) is 3.85. The normalized spacial score (nSPS) is 10.9. The maximum atomic E-state index is 8.72. The zero-order chi connectivity index (χ0) is 14.4. The Morgan fingerprint density at radius 1 is 1.15 bits per heavy atom. The van der Waals surface area contributed by atoms with E-state index in [1.165, 1.54) is 5.56 Å². The van der Waals surface area contributed by atoms with Crippen LogP contribution in [0.5, 0.6) is 0 Å². The topological polar surface area (TPSA) is 74.2 Å². The van der Waals surface area contributed by atoms with Gasteiger partial charge in [0.2, 0.25) is 0 Å². The van der Waals surface area contributed by atoms with E-state index in [-0.39, 0.29) is 0 Å². The third-order valence-corrected chi connectivity index (χ3v) is 2.84. The summed E-state index contributed by atoms with van der Waals surface area (Å²) >= 11 is 0. The SMILES string of the molecule is Cc1ccc(NC(N)=NCc2ccc(C#N)cc2)cc1. The first kappa shape index (κ1) is 13.6. The highest BCUT2D eigenvalue weighted by Crippen LogP contribution is 2.08. The Balaban J connectivity index is 1.96. The first-order chi connectivity index (χ1) is 9.67. The molecular weight excluding hydrogens is 248 g/mol. The van der Waals surface area contributed by atoms with E-state index in [0.717, 1.165) is 11.3 Å². The summed E-state index contributed by atoms with van der Waals surface area (Å²) in [6.07, 6.45) is 0. The van der Waals surface area contributed by atoms with E-state index in [0.29, 0.717) is 18.1 Å². The molecule has 100 valence electrons. The molecule has 2 rings (SSSR count). The number of nitrogens with zero attached hydrogens (tertiary/aromatic N) is 2. The van der Waals surface area contributed by atoms with Gasteiger partial charge in [-0.2, -0.15) is 5.26 Å². The standard InChI is InChI=1S/C16H16N4/c1-12-2-8-15(9-3-12)20-16(18)19-11-14-6-4-13(10-17)5-7-14/h2-9H,11H2,1H3,(H3,18,19,20). The number of hydrogen-bond donors (Lipinski definition) is 2. The van der Waals surface area contributed by atoms with E-state index in [1.807, 2.05) is 43.3 Å². The maximum absolute atomic E-state index is 8.72. The van der Waals surface area contributed by atoms with Gasteiger partial charge in [0.05, 0.1) is 18.2 Å². The molecule has 4 heteroatoms. The van der Waals surface area contributed by atoms with E-state index in [4.69, 9.17) is 11.0 Å². The van der Waals surface area contributed by atoms with Crippen LogP contribution in [0.4, 0.5) is 5.69 Å². The number of nitrogens with two attached hydrogens (primary N) is 1. The van der Waals surface area contributed by atoms with Crippen molar-refractivity contribution in [3.05, 3.63) is 65.2 Å². The molecule has 0 saturated carbocycles. The number of anilines is 1. The monoisotopic (exact) mass is 264 g/mol. The van der Waals surface area contributed by atoms with Crippen molar-refractivity contribution < 1.29 is 0 Å². The lowest BCUT2D eigenvalue weighted by Gasteiger charge is -2.06. The molecule has 0 bridgehead atoms. The molecule has 0 amide bonds. The highest BCUT2D eigenvalue weighted by Gasteiger charge is 1.96. The highest BCUT2D eigenvalue weighted by molar-refractivity contribution is 5.92. The van der Waals surface area contributed by atoms with Gasteiger partial charge in [-0.25, -0.2) is 4.99 Å². The molecule has 0 fully saturated rings. The molecule has 0 aliphatic rings. The lowest BCUT2D eigenvalue weighted by Crippen LogP contribution is -2.22. The molecule has 3 N–H and O–H groups in total. The van der Waals surface area contributed by atoms with Gasteiger partial charge in [-0.3, -0.25) is 0 Å². The summed E-state index contributed by atoms with van der Waals surface area (Å²) in [6, 6.07) is 17.3. The molecule has 0 aliphatic heterocycles. The van der Waals surface area contributed by atoms with E-state index in [2.05, 4.69) is 16.4 Å². The Morgan fingerprint density at radius 2 is 1.80 bits per heavy atom. The summed E-state index contributed by atoms with van der Waals surface area (Å²) in [4.78, 5) is 4.27. The molecule has 0 radical (unpaired) electrons. The molecule has 0 aromatic heterocycles. The Hall–Kier alpha value is -2.80. The summed E-state index contributed by atoms with van der Waals surface area (Å²) in [5.41, 5.74) is 9.60. The van der Waals surface area contributed by atoms with Crippen molar-refractivity contribution >= 4 is 11.6 Å². The van der Waals surface area contributed by atoms with Crippen molar-refractivity contribution in [1.29, 1.82) is 5.26 Å². The summed E-state index contributed by atoms with van der Waals surface area (Å²) in [5.74, 6) is 0.373. The quantitative estimate of drug-likeness (QED) is 0.661. The van der Waals surface area contributed by atoms with Crippen LogP contribution in [0.2, 0.25) is 0 Å². The predicted molar refractivity (Wildman–Crippen MR) is 81.3 cm³/mol. The second-order valence-electron chi connectivity index (χ2n) is 4.50. The van der Waals surface area contributed by atoms with Gasteiger partial charge in [0.1, 0.15) is 0 Å². The number of hydrogen-bond acceptors (Lipinski definition) is 2. The highest BCUT2D eigenvalue weighted by atomic mass is 15.1. The Kier molecular flexibility index (Phi) is 4.35. The second kappa shape index (κ2) is 6.39. The minimum atomic E-state index is 0.373. The summed E-state index contributed by atoms with van der Waals surface area (Å²) in [5, 5.41) is 11.8. The molecule has 4 nitrogen and oxygen atoms in total. The average molecular weight is 264 g/mol. The van der Waals surface area contributed by atoms with Crippen LogP contribution in [0.1, 0.15) is 16.7 Å². The minimum absolute atomic E-state index is 0.373. The van der Waals surface area contributed by atoms with Gasteiger partial charge >= 0.3 is 0 Å². The van der Waals surface area contributed by atoms with Crippen LogP contribution in [0.15, 0.2) is 53.5 Å². The van der Waals surface area contributed by atoms with Gasteiger partial charge in [0, 0.05) is 5.69 Å². The molecule has 0 saturated heterocycles. The van der Waals surface area contributed by atoms with Gasteiger partial charge in [-0.1, -0.05) is 29.8 Å². The predicted octanol–water partition coefficient (Wildman–Crippen LogP) is 2.79. The largest absolute Gasteiger partial charge is 0.370 e. The van der Waals surface area contributed by atoms with E-state index in [1.54, 1.807) is 12.1 Å². The number of rotatable bonds is 3. The van der Waals surface area contributed by atoms with Crippen molar-refractivity contribution in [2.45, 2.75) is 13.5 Å². The molecule has 0 unspecified atom stereocenters. The fraction of sp³-hybridized carbons (Fsp3) is 0.125. The molecule has 20 heavy (non-hydrogen) atoms. The van der Waals surface area contributed by atoms with Crippen molar-refractivity contribution in [2.75, 3.05) is 5.32 Å². The van der Waals surface area contributed by atoms with Crippen LogP contribution in [0.3, 0.4) is 0 Å². The summed E-state index contributed by atoms with van der Waals surface area (Å²) in [7, 11) is 0. The third-order valence-electron chi connectivity index (χ3n) is 2.84. The van der Waals surface area contributed by atoms with Crippen LogP contribution >= 0.6 is 0 Å². The summed E-state index contributed by atoms with van der Waals surface area (Å²) < 4.78 is 0. The molecule has 2 aromatic rings. The van der Waals surface area contributed by atoms with Gasteiger partial charge in [0.25, 0.3) is 0 Å². The lowest BCUT2D eigenvalue weighted by atomic mass is 10.1. The van der Waals surface area contributed by atoms with Crippen molar-refractivity contribution in [3.63, 3.8) is 0 Å². The van der Waals surface area contributed by atoms with Gasteiger partial charge in [-0.15, -0.1) is 0 Å². The Labute approximate surface area is 118 Å². The van der Waals surface area contributed by atoms with Crippen molar-refractivity contribution in [2.24, 2.45) is 10.7 Å². The maximum Gasteiger partial charge on any atom is 0.193 e. The number of nitriles is 1. The van der Waals surface area contributed by atoms with Crippen LogP contribution in [-0.4, -0.2) is 5.96 Å². The van der Waals surface area contributed by atoms with Crippen LogP contribution in [0, 0.1) is 18.3 Å². The zero-order valence-corrected chi connectivity index (χ0v) is 11.3. The summed E-state index contributed by atoms with van der Waals surface area (Å²) in [6.45, 7) is 2.52. The van der Waals surface area contributed by atoms with Gasteiger partial charge in [-0.05, 0) is 36.8 Å². The zero-order valence-electron chi connectivity index (χ0n) is 11.3. The van der Waals surface area contributed by atoms with E-state index >= 15 is 0 Å². The van der Waals surface area contributed by atoms with Gasteiger partial charge in [0.15, 0.2) is 5.96 Å². The first-order valence-corrected chi connectivity index (χ1v) is 6.30. The number of benzene rings is 2. The molecule has 0 atom stereocenters. The second-order valence-corrected chi connectivity index (χ2v) is 4.50. The van der Waals surface area contributed by atoms with E-state index in [9.17, 15) is 0 Å². The molecule has 0 aliphatic carbocycles. The molecule has 0 heterocycles. The first-order valence-electron chi connectivity index (χ1n) is 6.30. The van der Waals surface area contributed by atoms with Crippen LogP contribution in [-0.2, 0) is 6.54 Å². The number of aryl methyl sites for hydroxylation is 1. The van der Waals surface area contributed by atoms with Crippen LogP contribution < -0.4 is 11.1 Å². The Bertz CT molecular complexity index is 634. The van der Waals surface area contributed by atoms with Crippen molar-refractivity contribution in [1.82, 2.24) is 0 Å². The van der Waals surface area contributed by atoms with E-state index < -0.39 is 0 Å². The van der Waals surface area contributed by atoms with Crippen molar-refractivity contribution in [3.8, 4) is 6.07 Å². The van der Waals surface area contributed by atoms with Gasteiger partial charge < -0.3 is 11.1 Å². The minimum Gasteiger partial charge on any atom is -0.370 e. The number of aliphatic imine (C=N–C) groups is 1. The molecule has 2 aromatic carbocycles. The fourth-order valence-corrected chi connectivity index (χ4v) is 1.69. The molecular formula is C16H16N4. The number of guanidine groups is 1.